The van der Waals surface area contributed by atoms with Gasteiger partial charge in [-0.3, -0.25) is 4.79 Å². The maximum absolute atomic E-state index is 12.3. The highest BCUT2D eigenvalue weighted by Crippen LogP contribution is 2.32. The molecule has 4 rings (SSSR count). The van der Waals surface area contributed by atoms with Crippen molar-refractivity contribution in [2.75, 3.05) is 19.9 Å². The number of carbonyl (C=O) groups excluding carboxylic acids is 1. The van der Waals surface area contributed by atoms with Crippen molar-refractivity contribution in [3.05, 3.63) is 42.2 Å². The first kappa shape index (κ1) is 14.7. The molecule has 0 N–H and O–H groups in total. The zero-order valence-corrected chi connectivity index (χ0v) is 13.2. The number of ether oxygens (including phenoxy) is 2. The lowest BCUT2D eigenvalue weighted by Crippen LogP contribution is -2.38. The topological polar surface area (TPSA) is 69.5 Å². The van der Waals surface area contributed by atoms with Crippen LogP contribution in [0.4, 0.5) is 0 Å². The first-order chi connectivity index (χ1) is 11.8. The van der Waals surface area contributed by atoms with E-state index in [0.717, 1.165) is 43.0 Å². The minimum absolute atomic E-state index is 0.0321. The van der Waals surface area contributed by atoms with Crippen LogP contribution < -0.4 is 9.47 Å². The van der Waals surface area contributed by atoms with Crippen LogP contribution in [0.1, 0.15) is 24.4 Å². The second kappa shape index (κ2) is 6.35. The molecule has 0 atom stereocenters. The molecule has 1 amide bonds. The largest absolute Gasteiger partial charge is 0.454 e. The third-order valence-electron chi connectivity index (χ3n) is 4.41. The van der Waals surface area contributed by atoms with Crippen LogP contribution in [-0.2, 0) is 4.79 Å². The van der Waals surface area contributed by atoms with Crippen molar-refractivity contribution < 1.29 is 14.3 Å². The Labute approximate surface area is 139 Å². The predicted octanol–water partition coefficient (Wildman–Crippen LogP) is 1.88. The molecule has 0 aliphatic carbocycles. The number of piperidine rings is 1. The highest BCUT2D eigenvalue weighted by Gasteiger charge is 2.23. The van der Waals surface area contributed by atoms with Crippen LogP contribution in [0.2, 0.25) is 0 Å². The van der Waals surface area contributed by atoms with Gasteiger partial charge in [-0.05, 0) is 36.6 Å². The summed E-state index contributed by atoms with van der Waals surface area (Å²) in [5.74, 6) is 1.50. The van der Waals surface area contributed by atoms with Gasteiger partial charge in [0.2, 0.25) is 12.7 Å². The van der Waals surface area contributed by atoms with Crippen LogP contribution in [0, 0.1) is 0 Å². The van der Waals surface area contributed by atoms with Gasteiger partial charge in [0.05, 0.1) is 12.2 Å². The minimum atomic E-state index is 0.0321. The molecule has 1 saturated heterocycles. The predicted molar refractivity (Wildman–Crippen MR) is 86.5 cm³/mol. The summed E-state index contributed by atoms with van der Waals surface area (Å²) in [6.07, 6.45) is 8.79. The number of amides is 1. The molecular weight excluding hydrogens is 308 g/mol. The van der Waals surface area contributed by atoms with E-state index in [4.69, 9.17) is 9.47 Å². The number of nitrogens with zero attached hydrogens (tertiary/aromatic N) is 4. The van der Waals surface area contributed by atoms with Crippen LogP contribution in [0.15, 0.2) is 36.7 Å². The van der Waals surface area contributed by atoms with Crippen molar-refractivity contribution in [2.24, 2.45) is 0 Å². The van der Waals surface area contributed by atoms with Crippen LogP contribution >= 0.6 is 0 Å². The fraction of sp³-hybridized carbons (Fsp3) is 0.353. The van der Waals surface area contributed by atoms with Gasteiger partial charge < -0.3 is 14.4 Å². The maximum atomic E-state index is 12.3. The molecule has 0 bridgehead atoms. The van der Waals surface area contributed by atoms with Crippen molar-refractivity contribution >= 4 is 12.0 Å². The smallest absolute Gasteiger partial charge is 0.246 e. The molecule has 0 spiro atoms. The van der Waals surface area contributed by atoms with E-state index in [1.807, 2.05) is 40.1 Å². The molecule has 0 unspecified atom stereocenters. The Morgan fingerprint density at radius 1 is 1.21 bits per heavy atom. The minimum Gasteiger partial charge on any atom is -0.454 e. The fourth-order valence-electron chi connectivity index (χ4n) is 3.05. The molecule has 1 fully saturated rings. The number of fused-ring (bicyclic) bond motifs is 1. The average Bonchev–Trinajstić information content (AvgIpc) is 3.31. The molecule has 3 heterocycles. The zero-order valence-electron chi connectivity index (χ0n) is 13.2. The SMILES string of the molecule is O=C(/C=C/c1ccc2c(c1)OCO2)N1CCC(n2ccnn2)CC1. The molecule has 124 valence electrons. The molecule has 7 nitrogen and oxygen atoms in total. The number of hydrogen-bond donors (Lipinski definition) is 0. The highest BCUT2D eigenvalue weighted by atomic mass is 16.7. The Balaban J connectivity index is 1.35. The molecule has 2 aliphatic rings. The number of benzene rings is 1. The summed E-state index contributed by atoms with van der Waals surface area (Å²) in [7, 11) is 0. The standard InChI is InChI=1S/C17H18N4O3/c22-17(4-2-13-1-3-15-16(11-13)24-12-23-15)20-8-5-14(6-9-20)21-10-7-18-19-21/h1-4,7,10-11,14H,5-6,8-9,12H2/b4-2+. The van der Waals surface area contributed by atoms with E-state index < -0.39 is 0 Å². The van der Waals surface area contributed by atoms with Crippen molar-refractivity contribution in [3.63, 3.8) is 0 Å². The summed E-state index contributed by atoms with van der Waals surface area (Å²) in [4.78, 5) is 14.2. The van der Waals surface area contributed by atoms with Crippen LogP contribution in [0.25, 0.3) is 6.08 Å². The molecule has 0 radical (unpaired) electrons. The quantitative estimate of drug-likeness (QED) is 0.806. The van der Waals surface area contributed by atoms with Gasteiger partial charge in [-0.2, -0.15) is 0 Å². The van der Waals surface area contributed by atoms with Gasteiger partial charge in [0, 0.05) is 25.4 Å². The molecular formula is C17H18N4O3. The van der Waals surface area contributed by atoms with Gasteiger partial charge in [-0.25, -0.2) is 4.68 Å². The summed E-state index contributed by atoms with van der Waals surface area (Å²) in [6.45, 7) is 1.71. The van der Waals surface area contributed by atoms with E-state index in [1.165, 1.54) is 0 Å². The van der Waals surface area contributed by atoms with Gasteiger partial charge in [-0.15, -0.1) is 5.10 Å². The zero-order chi connectivity index (χ0) is 16.4. The number of aromatic nitrogens is 3. The van der Waals surface area contributed by atoms with Gasteiger partial charge >= 0.3 is 0 Å². The summed E-state index contributed by atoms with van der Waals surface area (Å²) in [5.41, 5.74) is 0.921. The van der Waals surface area contributed by atoms with Gasteiger partial charge in [-0.1, -0.05) is 11.3 Å². The number of hydrogen-bond acceptors (Lipinski definition) is 5. The number of rotatable bonds is 3. The highest BCUT2D eigenvalue weighted by molar-refractivity contribution is 5.91. The molecule has 7 heteroatoms. The van der Waals surface area contributed by atoms with Crippen molar-refractivity contribution in [3.8, 4) is 11.5 Å². The lowest BCUT2D eigenvalue weighted by Gasteiger charge is -2.31. The second-order valence-corrected chi connectivity index (χ2v) is 5.89. The molecule has 0 saturated carbocycles. The third kappa shape index (κ3) is 2.97. The summed E-state index contributed by atoms with van der Waals surface area (Å²) < 4.78 is 12.5. The van der Waals surface area contributed by atoms with Crippen LogP contribution in [-0.4, -0.2) is 45.7 Å². The lowest BCUT2D eigenvalue weighted by atomic mass is 10.1. The van der Waals surface area contributed by atoms with E-state index in [-0.39, 0.29) is 12.7 Å². The maximum Gasteiger partial charge on any atom is 0.246 e. The molecule has 1 aromatic carbocycles. The molecule has 2 aliphatic heterocycles. The van der Waals surface area contributed by atoms with Gasteiger partial charge in [0.1, 0.15) is 0 Å². The lowest BCUT2D eigenvalue weighted by molar-refractivity contribution is -0.127. The van der Waals surface area contributed by atoms with E-state index >= 15 is 0 Å². The normalized spacial score (nSPS) is 17.6. The van der Waals surface area contributed by atoms with E-state index in [1.54, 1.807) is 12.3 Å². The summed E-state index contributed by atoms with van der Waals surface area (Å²) in [6, 6.07) is 5.97. The fourth-order valence-corrected chi connectivity index (χ4v) is 3.05. The Bertz CT molecular complexity index is 749. The van der Waals surface area contributed by atoms with Crippen molar-refractivity contribution in [1.29, 1.82) is 0 Å². The summed E-state index contributed by atoms with van der Waals surface area (Å²) >= 11 is 0. The van der Waals surface area contributed by atoms with Crippen molar-refractivity contribution in [2.45, 2.75) is 18.9 Å². The Morgan fingerprint density at radius 2 is 2.04 bits per heavy atom. The molecule has 1 aromatic heterocycles. The van der Waals surface area contributed by atoms with Crippen LogP contribution in [0.3, 0.4) is 0 Å². The van der Waals surface area contributed by atoms with Gasteiger partial charge in [0.25, 0.3) is 0 Å². The van der Waals surface area contributed by atoms with Gasteiger partial charge in [0.15, 0.2) is 11.5 Å². The third-order valence-corrected chi connectivity index (χ3v) is 4.41. The average molecular weight is 326 g/mol. The second-order valence-electron chi connectivity index (χ2n) is 5.89. The summed E-state index contributed by atoms with van der Waals surface area (Å²) in [5, 5.41) is 7.88. The Kier molecular flexibility index (Phi) is 3.90. The van der Waals surface area contributed by atoms with E-state index in [9.17, 15) is 4.79 Å². The van der Waals surface area contributed by atoms with E-state index in [2.05, 4.69) is 10.3 Å². The Hall–Kier alpha value is -2.83. The number of carbonyl (C=O) groups is 1. The van der Waals surface area contributed by atoms with Crippen LogP contribution in [0.5, 0.6) is 11.5 Å². The Morgan fingerprint density at radius 3 is 2.83 bits per heavy atom. The number of likely N-dealkylation sites (tertiary alicyclic amines) is 1. The van der Waals surface area contributed by atoms with E-state index in [0.29, 0.717) is 6.04 Å². The first-order valence-electron chi connectivity index (χ1n) is 8.02. The first-order valence-corrected chi connectivity index (χ1v) is 8.02. The van der Waals surface area contributed by atoms with Crippen molar-refractivity contribution in [1.82, 2.24) is 19.9 Å². The molecule has 2 aromatic rings. The molecule has 24 heavy (non-hydrogen) atoms. The monoisotopic (exact) mass is 326 g/mol.